The summed E-state index contributed by atoms with van der Waals surface area (Å²) in [5.74, 6) is -0.196. The Balaban J connectivity index is 2.07. The molecule has 1 aliphatic heterocycles. The van der Waals surface area contributed by atoms with Gasteiger partial charge < -0.3 is 4.90 Å². The zero-order valence-corrected chi connectivity index (χ0v) is 12.4. The molecular weight excluding hydrogens is 288 g/mol. The van der Waals surface area contributed by atoms with Crippen LogP contribution in [0.3, 0.4) is 0 Å². The van der Waals surface area contributed by atoms with Gasteiger partial charge in [0.15, 0.2) is 5.78 Å². The number of aromatic nitrogens is 1. The number of pyridine rings is 1. The van der Waals surface area contributed by atoms with E-state index in [2.05, 4.69) is 4.98 Å². The minimum Gasteiger partial charge on any atom is -0.327 e. The van der Waals surface area contributed by atoms with Crippen molar-refractivity contribution in [3.63, 3.8) is 0 Å². The second-order valence-electron chi connectivity index (χ2n) is 5.28. The van der Waals surface area contributed by atoms with Gasteiger partial charge in [0.05, 0.1) is 6.04 Å². The van der Waals surface area contributed by atoms with Crippen molar-refractivity contribution in [2.75, 3.05) is 6.54 Å². The summed E-state index contributed by atoms with van der Waals surface area (Å²) in [6.45, 7) is 2.12. The third kappa shape index (κ3) is 2.51. The summed E-state index contributed by atoms with van der Waals surface area (Å²) in [5, 5.41) is 1.93. The lowest BCUT2D eigenvalue weighted by molar-refractivity contribution is -0.120. The quantitative estimate of drug-likeness (QED) is 0.801. The van der Waals surface area contributed by atoms with Crippen LogP contribution in [0.4, 0.5) is 0 Å². The number of rotatable bonds is 2. The molecule has 2 aromatic rings. The number of hydrogen-bond donors (Lipinski definition) is 0. The molecule has 1 aromatic carbocycles. The molecule has 108 valence electrons. The maximum atomic E-state index is 12.8. The topological polar surface area (TPSA) is 50.3 Å². The van der Waals surface area contributed by atoms with E-state index in [-0.39, 0.29) is 22.9 Å². The Morgan fingerprint density at radius 1 is 1.33 bits per heavy atom. The maximum absolute atomic E-state index is 12.8. The average Bonchev–Trinajstić information content (AvgIpc) is 2.95. The standard InChI is InChI=1S/C16H15ClN2O2/c1-10(20)13-7-4-8-19(13)16(21)15-12-6-3-2-5-11(12)9-14(17)18-15/h2-3,5-6,9,13H,4,7-8H2,1H3/t13-/m0/s1. The number of likely N-dealkylation sites (tertiary alicyclic amines) is 1. The van der Waals surface area contributed by atoms with Crippen LogP contribution < -0.4 is 0 Å². The zero-order valence-electron chi connectivity index (χ0n) is 11.7. The van der Waals surface area contributed by atoms with E-state index in [1.807, 2.05) is 24.3 Å². The molecule has 0 N–H and O–H groups in total. The maximum Gasteiger partial charge on any atom is 0.273 e. The molecule has 3 rings (SSSR count). The fourth-order valence-electron chi connectivity index (χ4n) is 2.90. The summed E-state index contributed by atoms with van der Waals surface area (Å²) in [6.07, 6.45) is 1.56. The number of nitrogens with zero attached hydrogens (tertiary/aromatic N) is 2. The minimum atomic E-state index is -0.336. The molecule has 0 spiro atoms. The molecule has 0 saturated carbocycles. The average molecular weight is 303 g/mol. The molecule has 21 heavy (non-hydrogen) atoms. The van der Waals surface area contributed by atoms with E-state index in [4.69, 9.17) is 11.6 Å². The first-order valence-electron chi connectivity index (χ1n) is 6.94. The summed E-state index contributed by atoms with van der Waals surface area (Å²) in [7, 11) is 0. The first kappa shape index (κ1) is 14.0. The van der Waals surface area contributed by atoms with Gasteiger partial charge in [0.2, 0.25) is 0 Å². The summed E-state index contributed by atoms with van der Waals surface area (Å²) < 4.78 is 0. The van der Waals surface area contributed by atoms with Crippen LogP contribution in [0.15, 0.2) is 30.3 Å². The number of hydrogen-bond acceptors (Lipinski definition) is 3. The highest BCUT2D eigenvalue weighted by molar-refractivity contribution is 6.30. The Hall–Kier alpha value is -1.94. The summed E-state index contributed by atoms with van der Waals surface area (Å²) >= 11 is 6.02. The van der Waals surface area contributed by atoms with Crippen molar-refractivity contribution in [2.45, 2.75) is 25.8 Å². The molecule has 0 bridgehead atoms. The number of ketones is 1. The molecule has 1 aromatic heterocycles. The van der Waals surface area contributed by atoms with E-state index in [0.717, 1.165) is 23.6 Å². The second kappa shape index (κ2) is 5.45. The number of carbonyl (C=O) groups is 2. The Morgan fingerprint density at radius 3 is 2.86 bits per heavy atom. The molecule has 0 radical (unpaired) electrons. The SMILES string of the molecule is CC(=O)[C@@H]1CCCN1C(=O)c1nc(Cl)cc2ccccc12. The van der Waals surface area contributed by atoms with Crippen molar-refractivity contribution >= 4 is 34.1 Å². The monoisotopic (exact) mass is 302 g/mol. The van der Waals surface area contributed by atoms with E-state index in [1.54, 1.807) is 11.0 Å². The van der Waals surface area contributed by atoms with Crippen LogP contribution in [0.25, 0.3) is 10.8 Å². The molecule has 0 aliphatic carbocycles. The molecule has 1 fully saturated rings. The van der Waals surface area contributed by atoms with Crippen molar-refractivity contribution < 1.29 is 9.59 Å². The number of amides is 1. The molecule has 1 atom stereocenters. The highest BCUT2D eigenvalue weighted by Crippen LogP contribution is 2.25. The van der Waals surface area contributed by atoms with E-state index in [0.29, 0.717) is 12.2 Å². The van der Waals surface area contributed by atoms with Gasteiger partial charge in [-0.15, -0.1) is 0 Å². The summed E-state index contributed by atoms with van der Waals surface area (Å²) in [5.41, 5.74) is 0.325. The normalized spacial score (nSPS) is 18.2. The van der Waals surface area contributed by atoms with Crippen LogP contribution in [0.5, 0.6) is 0 Å². The van der Waals surface area contributed by atoms with Crippen molar-refractivity contribution in [2.24, 2.45) is 0 Å². The van der Waals surface area contributed by atoms with Crippen molar-refractivity contribution in [1.82, 2.24) is 9.88 Å². The predicted octanol–water partition coefficient (Wildman–Crippen LogP) is 3.08. The van der Waals surface area contributed by atoms with Gasteiger partial charge in [-0.2, -0.15) is 0 Å². The Kier molecular flexibility index (Phi) is 3.64. The fourth-order valence-corrected chi connectivity index (χ4v) is 3.10. The Morgan fingerprint density at radius 2 is 2.10 bits per heavy atom. The lowest BCUT2D eigenvalue weighted by Gasteiger charge is -2.22. The molecule has 1 aliphatic rings. The number of fused-ring (bicyclic) bond motifs is 1. The van der Waals surface area contributed by atoms with Gasteiger partial charge >= 0.3 is 0 Å². The summed E-state index contributed by atoms with van der Waals surface area (Å²) in [6, 6.07) is 8.90. The van der Waals surface area contributed by atoms with Crippen LogP contribution in [-0.2, 0) is 4.79 Å². The van der Waals surface area contributed by atoms with Gasteiger partial charge in [-0.25, -0.2) is 4.98 Å². The van der Waals surface area contributed by atoms with E-state index >= 15 is 0 Å². The molecule has 0 unspecified atom stereocenters. The second-order valence-corrected chi connectivity index (χ2v) is 5.67. The molecule has 2 heterocycles. The first-order chi connectivity index (χ1) is 10.1. The van der Waals surface area contributed by atoms with Gasteiger partial charge in [0.25, 0.3) is 5.91 Å². The molecule has 1 amide bonds. The third-order valence-electron chi connectivity index (χ3n) is 3.89. The lowest BCUT2D eigenvalue weighted by Crippen LogP contribution is -2.40. The highest BCUT2D eigenvalue weighted by atomic mass is 35.5. The van der Waals surface area contributed by atoms with Crippen molar-refractivity contribution in [3.05, 3.63) is 41.2 Å². The molecule has 4 nitrogen and oxygen atoms in total. The molecule has 1 saturated heterocycles. The predicted molar refractivity (Wildman–Crippen MR) is 81.5 cm³/mol. The van der Waals surface area contributed by atoms with Gasteiger partial charge in [0.1, 0.15) is 10.8 Å². The minimum absolute atomic E-state index is 0.0205. The summed E-state index contributed by atoms with van der Waals surface area (Å²) in [4.78, 5) is 30.3. The largest absolute Gasteiger partial charge is 0.327 e. The van der Waals surface area contributed by atoms with Crippen LogP contribution in [0.2, 0.25) is 5.15 Å². The van der Waals surface area contributed by atoms with Gasteiger partial charge in [-0.3, -0.25) is 9.59 Å². The Labute approximate surface area is 127 Å². The number of benzene rings is 1. The fraction of sp³-hybridized carbons (Fsp3) is 0.312. The van der Waals surface area contributed by atoms with Crippen LogP contribution in [0, 0.1) is 0 Å². The van der Waals surface area contributed by atoms with Crippen LogP contribution in [0.1, 0.15) is 30.3 Å². The van der Waals surface area contributed by atoms with Crippen LogP contribution in [-0.4, -0.2) is 34.2 Å². The van der Waals surface area contributed by atoms with E-state index in [1.165, 1.54) is 6.92 Å². The molecule has 5 heteroatoms. The number of halogens is 1. The zero-order chi connectivity index (χ0) is 15.0. The first-order valence-corrected chi connectivity index (χ1v) is 7.32. The lowest BCUT2D eigenvalue weighted by atomic mass is 10.1. The number of carbonyl (C=O) groups excluding carboxylic acids is 2. The third-order valence-corrected chi connectivity index (χ3v) is 4.09. The van der Waals surface area contributed by atoms with Crippen molar-refractivity contribution in [1.29, 1.82) is 0 Å². The smallest absolute Gasteiger partial charge is 0.273 e. The highest BCUT2D eigenvalue weighted by Gasteiger charge is 2.33. The van der Waals surface area contributed by atoms with Crippen LogP contribution >= 0.6 is 11.6 Å². The Bertz CT molecular complexity index is 729. The number of Topliss-reactive ketones (excluding diaryl/α,β-unsaturated/α-hetero) is 1. The van der Waals surface area contributed by atoms with Crippen molar-refractivity contribution in [3.8, 4) is 0 Å². The van der Waals surface area contributed by atoms with Gasteiger partial charge in [-0.1, -0.05) is 35.9 Å². The molecular formula is C16H15ClN2O2. The van der Waals surface area contributed by atoms with E-state index < -0.39 is 0 Å². The van der Waals surface area contributed by atoms with Gasteiger partial charge in [0, 0.05) is 11.9 Å². The van der Waals surface area contributed by atoms with E-state index in [9.17, 15) is 9.59 Å². The van der Waals surface area contributed by atoms with Gasteiger partial charge in [-0.05, 0) is 31.2 Å².